The van der Waals surface area contributed by atoms with E-state index in [0.29, 0.717) is 36.1 Å². The molecule has 1 unspecified atom stereocenters. The summed E-state index contributed by atoms with van der Waals surface area (Å²) in [4.78, 5) is 30.3. The molecule has 13 heteroatoms. The van der Waals surface area contributed by atoms with E-state index in [2.05, 4.69) is 15.4 Å². The van der Waals surface area contributed by atoms with E-state index in [-0.39, 0.29) is 23.3 Å². The lowest BCUT2D eigenvalue weighted by atomic mass is 10.1. The van der Waals surface area contributed by atoms with Crippen LogP contribution in [-0.2, 0) is 27.0 Å². The lowest BCUT2D eigenvalue weighted by molar-refractivity contribution is -0.142. The average Bonchev–Trinajstić information content (AvgIpc) is 3.28. The molecule has 186 valence electrons. The summed E-state index contributed by atoms with van der Waals surface area (Å²) in [5, 5.41) is 7.26. The molecular formula is C22H22F4N6O3. The maximum Gasteiger partial charge on any atom is 0.416 e. The van der Waals surface area contributed by atoms with E-state index in [1.54, 1.807) is 4.68 Å². The molecule has 0 saturated carbocycles. The van der Waals surface area contributed by atoms with Gasteiger partial charge in [-0.15, -0.1) is 0 Å². The van der Waals surface area contributed by atoms with E-state index in [1.807, 2.05) is 0 Å². The van der Waals surface area contributed by atoms with Crippen molar-refractivity contribution in [3.8, 4) is 0 Å². The van der Waals surface area contributed by atoms with Crippen LogP contribution < -0.4 is 11.1 Å². The van der Waals surface area contributed by atoms with Gasteiger partial charge in [0.15, 0.2) is 6.23 Å². The van der Waals surface area contributed by atoms with Crippen molar-refractivity contribution in [2.45, 2.75) is 38.2 Å². The van der Waals surface area contributed by atoms with Gasteiger partial charge in [0.05, 0.1) is 29.0 Å². The van der Waals surface area contributed by atoms with Crippen LogP contribution in [0, 0.1) is 5.82 Å². The Kier molecular flexibility index (Phi) is 6.61. The van der Waals surface area contributed by atoms with Gasteiger partial charge in [0.1, 0.15) is 17.2 Å². The molecule has 0 spiro atoms. The van der Waals surface area contributed by atoms with Crippen LogP contribution in [0.15, 0.2) is 30.6 Å². The number of halogens is 4. The average molecular weight is 494 g/mol. The molecule has 0 aliphatic carbocycles. The Morgan fingerprint density at radius 3 is 2.71 bits per heavy atom. The number of pyridine rings is 1. The SMILES string of the molecule is CN(Cc1ccc(C(F)(F)F)cc1F)C(=O)C(=O)Nc1cnc(N)c2cnn(C3CCCCO3)c12. The Morgan fingerprint density at radius 2 is 2.06 bits per heavy atom. The molecular weight excluding hydrogens is 472 g/mol. The summed E-state index contributed by atoms with van der Waals surface area (Å²) >= 11 is 0. The first-order valence-corrected chi connectivity index (χ1v) is 10.7. The van der Waals surface area contributed by atoms with Gasteiger partial charge in [-0.05, 0) is 31.4 Å². The molecule has 3 aromatic rings. The summed E-state index contributed by atoms with van der Waals surface area (Å²) in [6.45, 7) is 0.136. The predicted molar refractivity (Wildman–Crippen MR) is 117 cm³/mol. The topological polar surface area (TPSA) is 115 Å². The number of nitrogens with zero attached hydrogens (tertiary/aromatic N) is 4. The van der Waals surface area contributed by atoms with Crippen LogP contribution in [0.5, 0.6) is 0 Å². The summed E-state index contributed by atoms with van der Waals surface area (Å²) in [6.07, 6.45) is 0.258. The van der Waals surface area contributed by atoms with Crippen molar-refractivity contribution in [3.63, 3.8) is 0 Å². The van der Waals surface area contributed by atoms with Crippen LogP contribution >= 0.6 is 0 Å². The highest BCUT2D eigenvalue weighted by Crippen LogP contribution is 2.32. The van der Waals surface area contributed by atoms with E-state index in [9.17, 15) is 27.2 Å². The molecule has 4 rings (SSSR count). The third kappa shape index (κ3) is 5.04. The first-order valence-electron chi connectivity index (χ1n) is 10.7. The largest absolute Gasteiger partial charge is 0.416 e. The maximum absolute atomic E-state index is 14.2. The van der Waals surface area contributed by atoms with Crippen molar-refractivity contribution < 1.29 is 31.9 Å². The standard InChI is InChI=1S/C22H22F4N6O3/c1-31(11-12-5-6-13(8-15(12)23)22(24,25)26)21(34)20(33)30-16-10-28-19(27)14-9-29-32(18(14)16)17-4-2-3-7-35-17/h5-6,8-10,17H,2-4,7,11H2,1H3,(H2,27,28)(H,30,33). The first-order chi connectivity index (χ1) is 16.6. The van der Waals surface area contributed by atoms with Crippen LogP contribution in [-0.4, -0.2) is 45.1 Å². The molecule has 1 aliphatic rings. The predicted octanol–water partition coefficient (Wildman–Crippen LogP) is 3.47. The molecule has 35 heavy (non-hydrogen) atoms. The molecule has 2 amide bonds. The molecule has 3 heterocycles. The summed E-state index contributed by atoms with van der Waals surface area (Å²) in [5.74, 6) is -3.04. The summed E-state index contributed by atoms with van der Waals surface area (Å²) in [7, 11) is 1.23. The molecule has 1 saturated heterocycles. The number of carbonyl (C=O) groups is 2. The van der Waals surface area contributed by atoms with Crippen molar-refractivity contribution in [2.24, 2.45) is 0 Å². The second-order valence-electron chi connectivity index (χ2n) is 8.15. The first kappa shape index (κ1) is 24.4. The maximum atomic E-state index is 14.2. The number of alkyl halides is 3. The number of hydrogen-bond donors (Lipinski definition) is 2. The van der Waals surface area contributed by atoms with Gasteiger partial charge >= 0.3 is 18.0 Å². The monoisotopic (exact) mass is 494 g/mol. The number of aromatic nitrogens is 3. The van der Waals surface area contributed by atoms with Gasteiger partial charge in [-0.3, -0.25) is 9.59 Å². The minimum absolute atomic E-state index is 0.174. The minimum Gasteiger partial charge on any atom is -0.383 e. The minimum atomic E-state index is -4.70. The van der Waals surface area contributed by atoms with E-state index in [4.69, 9.17) is 10.5 Å². The fourth-order valence-corrected chi connectivity index (χ4v) is 3.84. The number of hydrogen-bond acceptors (Lipinski definition) is 6. The second kappa shape index (κ2) is 9.49. The number of rotatable bonds is 4. The Bertz CT molecular complexity index is 1270. The van der Waals surface area contributed by atoms with Gasteiger partial charge in [0, 0.05) is 25.8 Å². The Morgan fingerprint density at radius 1 is 1.29 bits per heavy atom. The quantitative estimate of drug-likeness (QED) is 0.424. The zero-order chi connectivity index (χ0) is 25.3. The van der Waals surface area contributed by atoms with Crippen molar-refractivity contribution in [1.29, 1.82) is 0 Å². The zero-order valence-corrected chi connectivity index (χ0v) is 18.6. The van der Waals surface area contributed by atoms with Crippen molar-refractivity contribution in [2.75, 3.05) is 24.7 Å². The number of benzene rings is 1. The highest BCUT2D eigenvalue weighted by molar-refractivity contribution is 6.40. The lowest BCUT2D eigenvalue weighted by Crippen LogP contribution is -2.37. The van der Waals surface area contributed by atoms with E-state index in [1.165, 1.54) is 19.4 Å². The van der Waals surface area contributed by atoms with Crippen molar-refractivity contribution in [1.82, 2.24) is 19.7 Å². The molecule has 0 bridgehead atoms. The summed E-state index contributed by atoms with van der Waals surface area (Å²) in [6, 6.07) is 1.98. The number of anilines is 2. The number of likely N-dealkylation sites (N-methyl/N-ethyl adjacent to an activating group) is 1. The normalized spacial score (nSPS) is 16.3. The van der Waals surface area contributed by atoms with Gasteiger partial charge in [0.2, 0.25) is 0 Å². The van der Waals surface area contributed by atoms with Crippen LogP contribution in [0.1, 0.15) is 36.6 Å². The third-order valence-electron chi connectivity index (χ3n) is 5.66. The Balaban J connectivity index is 1.52. The van der Waals surface area contributed by atoms with Crippen molar-refractivity contribution in [3.05, 3.63) is 47.5 Å². The second-order valence-corrected chi connectivity index (χ2v) is 8.15. The molecule has 1 fully saturated rings. The molecule has 3 N–H and O–H groups in total. The van der Waals surface area contributed by atoms with Gasteiger partial charge in [-0.1, -0.05) is 6.07 Å². The van der Waals surface area contributed by atoms with Crippen molar-refractivity contribution >= 4 is 34.2 Å². The van der Waals surface area contributed by atoms with Gasteiger partial charge < -0.3 is 20.7 Å². The van der Waals surface area contributed by atoms with Gasteiger partial charge in [0.25, 0.3) is 0 Å². The molecule has 2 aromatic heterocycles. The number of nitrogen functional groups attached to an aromatic ring is 1. The number of nitrogens with one attached hydrogen (secondary N) is 1. The van der Waals surface area contributed by atoms with Crippen LogP contribution in [0.3, 0.4) is 0 Å². The van der Waals surface area contributed by atoms with Gasteiger partial charge in [-0.2, -0.15) is 18.3 Å². The fourth-order valence-electron chi connectivity index (χ4n) is 3.84. The van der Waals surface area contributed by atoms with E-state index >= 15 is 0 Å². The number of ether oxygens (including phenoxy) is 1. The summed E-state index contributed by atoms with van der Waals surface area (Å²) < 4.78 is 59.8. The molecule has 1 aromatic carbocycles. The Labute approximate surface area is 196 Å². The number of fused-ring (bicyclic) bond motifs is 1. The van der Waals surface area contributed by atoms with E-state index < -0.39 is 35.9 Å². The highest BCUT2D eigenvalue weighted by atomic mass is 19.4. The van der Waals surface area contributed by atoms with E-state index in [0.717, 1.165) is 23.8 Å². The lowest BCUT2D eigenvalue weighted by Gasteiger charge is -2.24. The van der Waals surface area contributed by atoms with Crippen LogP contribution in [0.2, 0.25) is 0 Å². The molecule has 0 radical (unpaired) electrons. The summed E-state index contributed by atoms with van der Waals surface area (Å²) in [5.41, 5.74) is 5.23. The van der Waals surface area contributed by atoms with Crippen LogP contribution in [0.4, 0.5) is 29.1 Å². The number of carbonyl (C=O) groups excluding carboxylic acids is 2. The Hall–Kier alpha value is -3.74. The molecule has 1 atom stereocenters. The highest BCUT2D eigenvalue weighted by Gasteiger charge is 2.31. The third-order valence-corrected chi connectivity index (χ3v) is 5.66. The van der Waals surface area contributed by atoms with Gasteiger partial charge in [-0.25, -0.2) is 14.1 Å². The zero-order valence-electron chi connectivity index (χ0n) is 18.6. The fraction of sp³-hybridized carbons (Fsp3) is 0.364. The smallest absolute Gasteiger partial charge is 0.383 e. The number of amides is 2. The molecule has 9 nitrogen and oxygen atoms in total. The van der Waals surface area contributed by atoms with Crippen LogP contribution in [0.25, 0.3) is 10.9 Å². The number of nitrogens with two attached hydrogens (primary N) is 1. The molecule has 1 aliphatic heterocycles.